The van der Waals surface area contributed by atoms with Crippen LogP contribution in [-0.4, -0.2) is 22.2 Å². The minimum atomic E-state index is -0.514. The SMILES string of the molecule is CC(OCc1ccccc1)C(=O)Nc1cn[nH]c1. The highest BCUT2D eigenvalue weighted by Gasteiger charge is 2.13. The van der Waals surface area contributed by atoms with Gasteiger partial charge in [-0.15, -0.1) is 0 Å². The fourth-order valence-electron chi connectivity index (χ4n) is 1.43. The summed E-state index contributed by atoms with van der Waals surface area (Å²) in [6.07, 6.45) is 2.64. The summed E-state index contributed by atoms with van der Waals surface area (Å²) in [5.41, 5.74) is 1.68. The van der Waals surface area contributed by atoms with Crippen molar-refractivity contribution in [2.45, 2.75) is 19.6 Å². The molecule has 0 saturated carbocycles. The lowest BCUT2D eigenvalue weighted by Gasteiger charge is -2.12. The second-order valence-corrected chi connectivity index (χ2v) is 3.92. The van der Waals surface area contributed by atoms with Crippen molar-refractivity contribution in [3.63, 3.8) is 0 Å². The zero-order valence-corrected chi connectivity index (χ0v) is 10.1. The van der Waals surface area contributed by atoms with Crippen LogP contribution in [0.3, 0.4) is 0 Å². The molecular formula is C13H15N3O2. The van der Waals surface area contributed by atoms with E-state index >= 15 is 0 Å². The van der Waals surface area contributed by atoms with Crippen LogP contribution in [-0.2, 0) is 16.1 Å². The molecule has 94 valence electrons. The average molecular weight is 245 g/mol. The van der Waals surface area contributed by atoms with E-state index in [0.29, 0.717) is 12.3 Å². The van der Waals surface area contributed by atoms with Crippen molar-refractivity contribution in [2.24, 2.45) is 0 Å². The van der Waals surface area contributed by atoms with E-state index in [4.69, 9.17) is 4.74 Å². The van der Waals surface area contributed by atoms with Crippen molar-refractivity contribution in [2.75, 3.05) is 5.32 Å². The van der Waals surface area contributed by atoms with E-state index in [2.05, 4.69) is 15.5 Å². The number of benzene rings is 1. The van der Waals surface area contributed by atoms with Crippen molar-refractivity contribution >= 4 is 11.6 Å². The van der Waals surface area contributed by atoms with Gasteiger partial charge in [-0.1, -0.05) is 30.3 Å². The fourth-order valence-corrected chi connectivity index (χ4v) is 1.43. The van der Waals surface area contributed by atoms with Gasteiger partial charge in [0.05, 0.1) is 18.5 Å². The maximum absolute atomic E-state index is 11.8. The summed E-state index contributed by atoms with van der Waals surface area (Å²) in [5, 5.41) is 9.07. The number of amides is 1. The van der Waals surface area contributed by atoms with Crippen molar-refractivity contribution in [3.05, 3.63) is 48.3 Å². The highest BCUT2D eigenvalue weighted by Crippen LogP contribution is 2.06. The Kier molecular flexibility index (Phi) is 4.09. The predicted octanol–water partition coefficient (Wildman–Crippen LogP) is 1.95. The minimum Gasteiger partial charge on any atom is -0.364 e. The number of hydrogen-bond donors (Lipinski definition) is 2. The van der Waals surface area contributed by atoms with Gasteiger partial charge in [-0.25, -0.2) is 0 Å². The van der Waals surface area contributed by atoms with Crippen LogP contribution in [0.15, 0.2) is 42.7 Å². The third-order valence-corrected chi connectivity index (χ3v) is 2.48. The Balaban J connectivity index is 1.81. The first kappa shape index (κ1) is 12.3. The molecule has 0 aliphatic heterocycles. The minimum absolute atomic E-state index is 0.188. The van der Waals surface area contributed by atoms with Gasteiger partial charge in [-0.3, -0.25) is 9.89 Å². The first-order valence-electron chi connectivity index (χ1n) is 5.71. The Labute approximate surface area is 105 Å². The van der Waals surface area contributed by atoms with Crippen LogP contribution >= 0.6 is 0 Å². The molecular weight excluding hydrogens is 230 g/mol. The van der Waals surface area contributed by atoms with E-state index in [9.17, 15) is 4.79 Å². The van der Waals surface area contributed by atoms with E-state index in [-0.39, 0.29) is 5.91 Å². The number of H-pyrrole nitrogens is 1. The summed E-state index contributed by atoms with van der Waals surface area (Å²) < 4.78 is 5.50. The van der Waals surface area contributed by atoms with Crippen LogP contribution < -0.4 is 5.32 Å². The standard InChI is InChI=1S/C13H15N3O2/c1-10(13(17)16-12-7-14-15-8-12)18-9-11-5-3-2-4-6-11/h2-8,10H,9H2,1H3,(H,14,15)(H,16,17). The molecule has 1 aromatic carbocycles. The van der Waals surface area contributed by atoms with Gasteiger partial charge in [-0.05, 0) is 12.5 Å². The smallest absolute Gasteiger partial charge is 0.253 e. The molecule has 2 aromatic rings. The lowest BCUT2D eigenvalue weighted by atomic mass is 10.2. The first-order chi connectivity index (χ1) is 8.75. The molecule has 1 amide bonds. The molecule has 1 aromatic heterocycles. The number of nitrogens with one attached hydrogen (secondary N) is 2. The molecule has 0 radical (unpaired) electrons. The predicted molar refractivity (Wildman–Crippen MR) is 67.9 cm³/mol. The topological polar surface area (TPSA) is 67.0 Å². The summed E-state index contributed by atoms with van der Waals surface area (Å²) in [7, 11) is 0. The Morgan fingerprint density at radius 2 is 2.22 bits per heavy atom. The maximum atomic E-state index is 11.8. The fraction of sp³-hybridized carbons (Fsp3) is 0.231. The van der Waals surface area contributed by atoms with Gasteiger partial charge >= 0.3 is 0 Å². The van der Waals surface area contributed by atoms with E-state index < -0.39 is 6.10 Å². The third-order valence-electron chi connectivity index (χ3n) is 2.48. The van der Waals surface area contributed by atoms with Gasteiger partial charge in [0.15, 0.2) is 0 Å². The number of rotatable bonds is 5. The molecule has 5 heteroatoms. The number of hydrogen-bond acceptors (Lipinski definition) is 3. The zero-order chi connectivity index (χ0) is 12.8. The largest absolute Gasteiger partial charge is 0.364 e. The van der Waals surface area contributed by atoms with Crippen molar-refractivity contribution in [1.29, 1.82) is 0 Å². The molecule has 5 nitrogen and oxygen atoms in total. The molecule has 1 atom stereocenters. The zero-order valence-electron chi connectivity index (χ0n) is 10.1. The third kappa shape index (κ3) is 3.43. The van der Waals surface area contributed by atoms with Gasteiger partial charge < -0.3 is 10.1 Å². The maximum Gasteiger partial charge on any atom is 0.253 e. The van der Waals surface area contributed by atoms with Crippen LogP contribution in [0.25, 0.3) is 0 Å². The first-order valence-corrected chi connectivity index (χ1v) is 5.71. The Morgan fingerprint density at radius 3 is 2.89 bits per heavy atom. The Hall–Kier alpha value is -2.14. The quantitative estimate of drug-likeness (QED) is 0.846. The normalized spacial score (nSPS) is 12.1. The molecule has 0 fully saturated rings. The number of nitrogens with zero attached hydrogens (tertiary/aromatic N) is 1. The number of aromatic amines is 1. The van der Waals surface area contributed by atoms with Crippen LogP contribution in [0, 0.1) is 0 Å². The summed E-state index contributed by atoms with van der Waals surface area (Å²) in [6.45, 7) is 2.14. The molecule has 2 N–H and O–H groups in total. The van der Waals surface area contributed by atoms with Gasteiger partial charge in [0.2, 0.25) is 0 Å². The van der Waals surface area contributed by atoms with Gasteiger partial charge in [-0.2, -0.15) is 5.10 Å². The van der Waals surface area contributed by atoms with E-state index in [1.807, 2.05) is 30.3 Å². The number of ether oxygens (including phenoxy) is 1. The molecule has 1 heterocycles. The monoisotopic (exact) mass is 245 g/mol. The molecule has 0 aliphatic carbocycles. The number of carbonyl (C=O) groups is 1. The van der Waals surface area contributed by atoms with E-state index in [0.717, 1.165) is 5.56 Å². The second-order valence-electron chi connectivity index (χ2n) is 3.92. The number of aromatic nitrogens is 2. The second kappa shape index (κ2) is 5.97. The van der Waals surface area contributed by atoms with Gasteiger partial charge in [0.25, 0.3) is 5.91 Å². The van der Waals surface area contributed by atoms with E-state index in [1.165, 1.54) is 0 Å². The molecule has 0 saturated heterocycles. The number of carbonyl (C=O) groups excluding carboxylic acids is 1. The summed E-state index contributed by atoms with van der Waals surface area (Å²) in [6, 6.07) is 9.74. The van der Waals surface area contributed by atoms with Crippen LogP contribution in [0.4, 0.5) is 5.69 Å². The van der Waals surface area contributed by atoms with Crippen LogP contribution in [0.1, 0.15) is 12.5 Å². The highest BCUT2D eigenvalue weighted by molar-refractivity contribution is 5.93. The number of anilines is 1. The van der Waals surface area contributed by atoms with Crippen molar-refractivity contribution in [3.8, 4) is 0 Å². The molecule has 2 rings (SSSR count). The summed E-state index contributed by atoms with van der Waals surface area (Å²) >= 11 is 0. The molecule has 0 bridgehead atoms. The molecule has 18 heavy (non-hydrogen) atoms. The molecule has 1 unspecified atom stereocenters. The summed E-state index contributed by atoms with van der Waals surface area (Å²) in [4.78, 5) is 11.8. The lowest BCUT2D eigenvalue weighted by molar-refractivity contribution is -0.127. The van der Waals surface area contributed by atoms with Gasteiger partial charge in [0.1, 0.15) is 6.10 Å². The Bertz CT molecular complexity index is 482. The molecule has 0 aliphatic rings. The highest BCUT2D eigenvalue weighted by atomic mass is 16.5. The van der Waals surface area contributed by atoms with Gasteiger partial charge in [0, 0.05) is 6.20 Å². The Morgan fingerprint density at radius 1 is 1.44 bits per heavy atom. The van der Waals surface area contributed by atoms with Crippen LogP contribution in [0.2, 0.25) is 0 Å². The lowest BCUT2D eigenvalue weighted by Crippen LogP contribution is -2.27. The van der Waals surface area contributed by atoms with Crippen molar-refractivity contribution in [1.82, 2.24) is 10.2 Å². The van der Waals surface area contributed by atoms with Crippen LogP contribution in [0.5, 0.6) is 0 Å². The molecule has 0 spiro atoms. The van der Waals surface area contributed by atoms with E-state index in [1.54, 1.807) is 19.3 Å². The summed E-state index contributed by atoms with van der Waals surface area (Å²) in [5.74, 6) is -0.188. The average Bonchev–Trinajstić information content (AvgIpc) is 2.90. The van der Waals surface area contributed by atoms with Crippen molar-refractivity contribution < 1.29 is 9.53 Å².